The maximum atomic E-state index is 16.3. The summed E-state index contributed by atoms with van der Waals surface area (Å²) in [6.07, 6.45) is 4.55. The number of fused-ring (bicyclic) bond motifs is 1. The third kappa shape index (κ3) is 6.45. The van der Waals surface area contributed by atoms with Gasteiger partial charge >= 0.3 is 5.97 Å². The lowest BCUT2D eigenvalue weighted by Gasteiger charge is -2.45. The van der Waals surface area contributed by atoms with Crippen molar-refractivity contribution in [3.05, 3.63) is 112 Å². The van der Waals surface area contributed by atoms with E-state index in [1.54, 1.807) is 19.2 Å². The van der Waals surface area contributed by atoms with E-state index in [0.717, 1.165) is 24.8 Å². The van der Waals surface area contributed by atoms with Crippen LogP contribution in [0.5, 0.6) is 0 Å². The number of ether oxygens (including phenoxy) is 3. The summed E-state index contributed by atoms with van der Waals surface area (Å²) >= 11 is 0. The summed E-state index contributed by atoms with van der Waals surface area (Å²) in [4.78, 5) is 28.2. The molecule has 2 aliphatic heterocycles. The molecule has 7 rings (SSSR count). The molecule has 0 spiro atoms. The Bertz CT molecular complexity index is 1740. The topological polar surface area (TPSA) is 82.0 Å². The van der Waals surface area contributed by atoms with Crippen molar-refractivity contribution in [2.75, 3.05) is 37.8 Å². The fraction of sp³-hybridized carbons (Fsp3) is 0.405. The second-order valence-corrected chi connectivity index (χ2v) is 12.6. The Kier molecular flexibility index (Phi) is 8.88. The van der Waals surface area contributed by atoms with E-state index in [4.69, 9.17) is 14.2 Å². The lowest BCUT2D eigenvalue weighted by atomic mass is 9.99. The Labute approximate surface area is 268 Å². The number of carbonyl (C=O) groups excluding carboxylic acids is 1. The van der Waals surface area contributed by atoms with Crippen LogP contribution in [0, 0.1) is 5.82 Å². The number of benzene rings is 3. The van der Waals surface area contributed by atoms with Gasteiger partial charge in [-0.15, -0.1) is 0 Å². The number of rotatable bonds is 9. The maximum absolute atomic E-state index is 16.3. The van der Waals surface area contributed by atoms with Crippen molar-refractivity contribution in [2.45, 2.75) is 62.9 Å². The van der Waals surface area contributed by atoms with Gasteiger partial charge in [-0.25, -0.2) is 9.18 Å². The Hall–Kier alpha value is -4.05. The maximum Gasteiger partial charge on any atom is 0.343 e. The first-order valence-corrected chi connectivity index (χ1v) is 16.3. The molecule has 1 aromatic heterocycles. The lowest BCUT2D eigenvalue weighted by Crippen LogP contribution is -2.59. The molecule has 240 valence electrons. The van der Waals surface area contributed by atoms with Crippen molar-refractivity contribution in [3.63, 3.8) is 0 Å². The van der Waals surface area contributed by atoms with E-state index in [2.05, 4.69) is 34.5 Å². The Morgan fingerprint density at radius 2 is 1.65 bits per heavy atom. The van der Waals surface area contributed by atoms with Crippen LogP contribution < -0.4 is 15.6 Å². The predicted octanol–water partition coefficient (Wildman–Crippen LogP) is 5.07. The zero-order valence-electron chi connectivity index (χ0n) is 26.1. The van der Waals surface area contributed by atoms with Crippen molar-refractivity contribution in [1.82, 2.24) is 9.88 Å². The number of hydrogen-bond donors (Lipinski definition) is 1. The molecule has 3 fully saturated rings. The second-order valence-electron chi connectivity index (χ2n) is 12.6. The molecule has 0 amide bonds. The Morgan fingerprint density at radius 1 is 0.957 bits per heavy atom. The standard InChI is InChI=1S/C37H40FN3O5/c1-2-44-37(43)30-20-40(27-13-14-27)32-18-33(31(38)17-29(32)36(30)42)41-21-35(46-23-28(41)16-25-11-7-4-8-12-25)34-19-39-26(22-45-34)15-24-9-5-3-6-10-24/h3-12,17-18,20,26-28,34-35,39H,2,13-16,19,21-23H2,1H3/t26-,28-,34+,35+/m1/s1. The van der Waals surface area contributed by atoms with Gasteiger partial charge in [0.05, 0.1) is 43.2 Å². The van der Waals surface area contributed by atoms with Crippen molar-refractivity contribution in [3.8, 4) is 0 Å². The van der Waals surface area contributed by atoms with Crippen LogP contribution in [0.25, 0.3) is 10.9 Å². The molecular weight excluding hydrogens is 585 g/mol. The van der Waals surface area contributed by atoms with Gasteiger partial charge in [0.2, 0.25) is 5.43 Å². The summed E-state index contributed by atoms with van der Waals surface area (Å²) in [5, 5.41) is 3.83. The van der Waals surface area contributed by atoms with Gasteiger partial charge in [0.1, 0.15) is 17.5 Å². The molecule has 46 heavy (non-hydrogen) atoms. The van der Waals surface area contributed by atoms with Crippen LogP contribution >= 0.6 is 0 Å². The molecule has 3 heterocycles. The molecule has 0 radical (unpaired) electrons. The molecule has 1 N–H and O–H groups in total. The van der Waals surface area contributed by atoms with Gasteiger partial charge in [0, 0.05) is 36.8 Å². The predicted molar refractivity (Wildman–Crippen MR) is 175 cm³/mol. The van der Waals surface area contributed by atoms with Gasteiger partial charge in [-0.1, -0.05) is 60.7 Å². The highest BCUT2D eigenvalue weighted by atomic mass is 19.1. The molecule has 0 unspecified atom stereocenters. The number of nitrogens with one attached hydrogen (secondary N) is 1. The number of hydrogen-bond acceptors (Lipinski definition) is 7. The summed E-state index contributed by atoms with van der Waals surface area (Å²) in [7, 11) is 0. The average Bonchev–Trinajstić information content (AvgIpc) is 3.92. The molecule has 4 atom stereocenters. The number of anilines is 1. The molecule has 1 saturated carbocycles. The fourth-order valence-corrected chi connectivity index (χ4v) is 6.79. The SMILES string of the molecule is CCOC(=O)c1cn(C2CC2)c2cc(N3C[C@@H]([C@@H]4CN[C@H](Cc5ccccc5)CO4)OC[C@H]3Cc3ccccc3)c(F)cc2c1=O. The van der Waals surface area contributed by atoms with E-state index in [-0.39, 0.29) is 47.9 Å². The first-order valence-electron chi connectivity index (χ1n) is 16.3. The molecule has 1 aliphatic carbocycles. The van der Waals surface area contributed by atoms with Crippen LogP contribution in [0.15, 0.2) is 83.8 Å². The average molecular weight is 626 g/mol. The van der Waals surface area contributed by atoms with E-state index < -0.39 is 17.2 Å². The summed E-state index contributed by atoms with van der Waals surface area (Å²) in [5.41, 5.74) is 2.87. The van der Waals surface area contributed by atoms with Crippen LogP contribution in [-0.2, 0) is 27.1 Å². The first kappa shape index (κ1) is 30.6. The number of esters is 1. The summed E-state index contributed by atoms with van der Waals surface area (Å²) in [6, 6.07) is 23.8. The number of morpholine rings is 2. The van der Waals surface area contributed by atoms with Gasteiger partial charge in [0.25, 0.3) is 0 Å². The number of nitrogens with zero attached hydrogens (tertiary/aromatic N) is 2. The highest BCUT2D eigenvalue weighted by Gasteiger charge is 2.38. The summed E-state index contributed by atoms with van der Waals surface area (Å²) in [6.45, 7) is 3.89. The smallest absolute Gasteiger partial charge is 0.343 e. The largest absolute Gasteiger partial charge is 0.462 e. The van der Waals surface area contributed by atoms with Crippen LogP contribution in [0.2, 0.25) is 0 Å². The lowest BCUT2D eigenvalue weighted by molar-refractivity contribution is -0.105. The van der Waals surface area contributed by atoms with Gasteiger partial charge in [-0.05, 0) is 55.9 Å². The molecule has 0 bridgehead atoms. The molecule has 4 aromatic rings. The van der Waals surface area contributed by atoms with Crippen molar-refractivity contribution >= 4 is 22.6 Å². The minimum Gasteiger partial charge on any atom is -0.462 e. The number of halogens is 1. The molecule has 2 saturated heterocycles. The second kappa shape index (κ2) is 13.4. The van der Waals surface area contributed by atoms with Crippen LogP contribution in [0.1, 0.15) is 47.3 Å². The molecule has 3 aliphatic rings. The van der Waals surface area contributed by atoms with Crippen molar-refractivity contribution in [1.29, 1.82) is 0 Å². The van der Waals surface area contributed by atoms with Crippen LogP contribution in [-0.4, -0.2) is 67.7 Å². The van der Waals surface area contributed by atoms with Crippen LogP contribution in [0.4, 0.5) is 10.1 Å². The molecule has 9 heteroatoms. The van der Waals surface area contributed by atoms with Gasteiger partial charge in [0.15, 0.2) is 0 Å². The van der Waals surface area contributed by atoms with E-state index in [1.165, 1.54) is 11.6 Å². The number of aromatic nitrogens is 1. The number of carbonyl (C=O) groups is 1. The van der Waals surface area contributed by atoms with E-state index in [0.29, 0.717) is 43.9 Å². The minimum absolute atomic E-state index is 0.0608. The van der Waals surface area contributed by atoms with Crippen LogP contribution in [0.3, 0.4) is 0 Å². The molecular formula is C37H40FN3O5. The van der Waals surface area contributed by atoms with E-state index >= 15 is 4.39 Å². The third-order valence-corrected chi connectivity index (χ3v) is 9.34. The highest BCUT2D eigenvalue weighted by Crippen LogP contribution is 2.39. The molecule has 8 nitrogen and oxygen atoms in total. The fourth-order valence-electron chi connectivity index (χ4n) is 6.79. The third-order valence-electron chi connectivity index (χ3n) is 9.34. The van der Waals surface area contributed by atoms with Gasteiger partial charge < -0.3 is 29.0 Å². The van der Waals surface area contributed by atoms with E-state index in [9.17, 15) is 9.59 Å². The summed E-state index contributed by atoms with van der Waals surface area (Å²) in [5.74, 6) is -1.18. The minimum atomic E-state index is -0.681. The zero-order chi connectivity index (χ0) is 31.6. The quantitative estimate of drug-likeness (QED) is 0.260. The van der Waals surface area contributed by atoms with Gasteiger partial charge in [-0.3, -0.25) is 4.79 Å². The molecule has 3 aromatic carbocycles. The Balaban J connectivity index is 1.19. The van der Waals surface area contributed by atoms with E-state index in [1.807, 2.05) is 41.0 Å². The Morgan fingerprint density at radius 3 is 2.30 bits per heavy atom. The highest BCUT2D eigenvalue weighted by molar-refractivity contribution is 5.94. The summed E-state index contributed by atoms with van der Waals surface area (Å²) < 4.78 is 36.2. The normalized spacial score (nSPS) is 23.4. The zero-order valence-corrected chi connectivity index (χ0v) is 26.1. The first-order chi connectivity index (χ1) is 22.5. The monoisotopic (exact) mass is 625 g/mol. The van der Waals surface area contributed by atoms with Crippen molar-refractivity contribution < 1.29 is 23.4 Å². The van der Waals surface area contributed by atoms with Gasteiger partial charge in [-0.2, -0.15) is 0 Å². The number of pyridine rings is 1. The van der Waals surface area contributed by atoms with Crippen molar-refractivity contribution in [2.24, 2.45) is 0 Å².